The molecule has 0 saturated heterocycles. The minimum Gasteiger partial charge on any atom is -0.481 e. The number of carboxylic acids is 2. The van der Waals surface area contributed by atoms with Crippen LogP contribution < -0.4 is 31.8 Å². The Morgan fingerprint density at radius 2 is 1.97 bits per heavy atom. The Kier molecular flexibility index (Phi) is 7.48. The topological polar surface area (TPSA) is 223 Å². The van der Waals surface area contributed by atoms with E-state index >= 15 is 0 Å². The quantitative estimate of drug-likeness (QED) is 0.240. The minimum absolute atomic E-state index is 0.0679. The van der Waals surface area contributed by atoms with Gasteiger partial charge in [0.05, 0.1) is 17.9 Å². The second-order valence-corrected chi connectivity index (χ2v) is 7.81. The van der Waals surface area contributed by atoms with E-state index in [-0.39, 0.29) is 42.0 Å². The number of fused-ring (bicyclic) bond motifs is 1. The van der Waals surface area contributed by atoms with E-state index in [2.05, 4.69) is 25.9 Å². The number of aromatic amines is 1. The Balaban J connectivity index is 1.64. The maximum absolute atomic E-state index is 12.4. The highest BCUT2D eigenvalue weighted by Crippen LogP contribution is 2.30. The summed E-state index contributed by atoms with van der Waals surface area (Å²) in [6.07, 6.45) is -0.641. The van der Waals surface area contributed by atoms with E-state index in [0.29, 0.717) is 12.2 Å². The monoisotopic (exact) mass is 488 g/mol. The molecule has 0 unspecified atom stereocenters. The summed E-state index contributed by atoms with van der Waals surface area (Å²) >= 11 is 0. The third kappa shape index (κ3) is 5.82. The predicted molar refractivity (Wildman–Crippen MR) is 125 cm³/mol. The number of aromatic nitrogens is 2. The molecule has 2 heterocycles. The third-order valence-corrected chi connectivity index (χ3v) is 5.46. The number of rotatable bonds is 10. The van der Waals surface area contributed by atoms with Crippen LogP contribution in [0.1, 0.15) is 23.2 Å². The first-order chi connectivity index (χ1) is 16.6. The van der Waals surface area contributed by atoms with Gasteiger partial charge in [0.25, 0.3) is 11.5 Å². The Morgan fingerprint density at radius 3 is 2.57 bits per heavy atom. The minimum atomic E-state index is -1.33. The van der Waals surface area contributed by atoms with Gasteiger partial charge >= 0.3 is 11.9 Å². The number of likely N-dealkylation sites (N-methyl/N-ethyl adjacent to an activating group) is 1. The predicted octanol–water partition coefficient (Wildman–Crippen LogP) is -0.182. The normalized spacial score (nSPS) is 15.6. The van der Waals surface area contributed by atoms with Gasteiger partial charge in [-0.15, -0.1) is 4.91 Å². The molecule has 3 rings (SSSR count). The smallest absolute Gasteiger partial charge is 0.326 e. The van der Waals surface area contributed by atoms with Crippen LogP contribution in [0.4, 0.5) is 23.1 Å². The van der Waals surface area contributed by atoms with Crippen molar-refractivity contribution in [2.24, 2.45) is 5.29 Å². The molecule has 15 heteroatoms. The van der Waals surface area contributed by atoms with Crippen LogP contribution in [0.25, 0.3) is 0 Å². The highest BCUT2D eigenvalue weighted by Gasteiger charge is 2.33. The van der Waals surface area contributed by atoms with Gasteiger partial charge < -0.3 is 31.5 Å². The number of anilines is 4. The van der Waals surface area contributed by atoms with Crippen molar-refractivity contribution in [3.8, 4) is 0 Å². The summed E-state index contributed by atoms with van der Waals surface area (Å²) in [5.41, 5.74) is 6.02. The molecule has 0 fully saturated rings. The number of nitrogen functional groups attached to an aromatic ring is 1. The molecule has 0 saturated carbocycles. The number of hydrogen-bond donors (Lipinski definition) is 6. The molecule has 0 spiro atoms. The SMILES string of the molecule is CN1c2c(nc(N)[nH]c2=O)N(N=O)C[C@@H]1CNc1ccc(C(=O)N[C@@H](CCC(=O)O)C(=O)O)cc1. The molecule has 2 aromatic rings. The van der Waals surface area contributed by atoms with Crippen molar-refractivity contribution in [3.63, 3.8) is 0 Å². The lowest BCUT2D eigenvalue weighted by Crippen LogP contribution is -2.51. The summed E-state index contributed by atoms with van der Waals surface area (Å²) in [6.45, 7) is 0.441. The van der Waals surface area contributed by atoms with E-state index in [9.17, 15) is 29.2 Å². The van der Waals surface area contributed by atoms with Crippen LogP contribution in [0.2, 0.25) is 0 Å². The molecule has 15 nitrogen and oxygen atoms in total. The summed E-state index contributed by atoms with van der Waals surface area (Å²) in [4.78, 5) is 66.0. The highest BCUT2D eigenvalue weighted by atomic mass is 16.4. The molecule has 0 radical (unpaired) electrons. The second-order valence-electron chi connectivity index (χ2n) is 7.81. The molecule has 2 atom stereocenters. The van der Waals surface area contributed by atoms with Gasteiger partial charge in [0, 0.05) is 31.3 Å². The van der Waals surface area contributed by atoms with Gasteiger partial charge in [-0.05, 0) is 30.7 Å². The number of carbonyl (C=O) groups excluding carboxylic acids is 1. The third-order valence-electron chi connectivity index (χ3n) is 5.46. The lowest BCUT2D eigenvalue weighted by molar-refractivity contribution is -0.140. The Bertz CT molecular complexity index is 1180. The van der Waals surface area contributed by atoms with Crippen LogP contribution in [0.3, 0.4) is 0 Å². The lowest BCUT2D eigenvalue weighted by atomic mass is 10.1. The van der Waals surface area contributed by atoms with E-state index in [1.165, 1.54) is 12.1 Å². The fraction of sp³-hybridized carbons (Fsp3) is 0.350. The number of nitrogens with two attached hydrogens (primary N) is 1. The fourth-order valence-corrected chi connectivity index (χ4v) is 3.58. The number of amides is 1. The molecule has 35 heavy (non-hydrogen) atoms. The molecule has 1 aliphatic heterocycles. The van der Waals surface area contributed by atoms with Gasteiger partial charge in [-0.3, -0.25) is 19.4 Å². The van der Waals surface area contributed by atoms with Crippen LogP contribution in [0.15, 0.2) is 34.3 Å². The van der Waals surface area contributed by atoms with Crippen LogP contribution in [0, 0.1) is 4.91 Å². The molecule has 1 amide bonds. The highest BCUT2D eigenvalue weighted by molar-refractivity contribution is 5.97. The van der Waals surface area contributed by atoms with E-state index in [4.69, 9.17) is 10.8 Å². The maximum Gasteiger partial charge on any atom is 0.326 e. The maximum atomic E-state index is 12.4. The van der Waals surface area contributed by atoms with Gasteiger partial charge in [0.2, 0.25) is 5.95 Å². The van der Waals surface area contributed by atoms with Gasteiger partial charge in [0.15, 0.2) is 5.82 Å². The second kappa shape index (κ2) is 10.5. The largest absolute Gasteiger partial charge is 0.481 e. The van der Waals surface area contributed by atoms with Crippen LogP contribution in [-0.4, -0.2) is 70.2 Å². The first-order valence-corrected chi connectivity index (χ1v) is 10.4. The molecule has 0 aliphatic carbocycles. The number of benzene rings is 1. The van der Waals surface area contributed by atoms with Crippen molar-refractivity contribution in [1.82, 2.24) is 15.3 Å². The standard InChI is InChI=1S/C20H24N8O7/c1-27-12(9-28(26-35)16-15(27)18(32)25-20(21)24-16)8-22-11-4-2-10(3-5-11)17(31)23-13(19(33)34)6-7-14(29)30/h2-5,12-13,22H,6-9H2,1H3,(H,23,31)(H,29,30)(H,33,34)(H3,21,24,25,32)/t12-,13-/m0/s1. The van der Waals surface area contributed by atoms with E-state index < -0.39 is 35.9 Å². The summed E-state index contributed by atoms with van der Waals surface area (Å²) in [5, 5.41) is 27.4. The van der Waals surface area contributed by atoms with Crippen molar-refractivity contribution in [1.29, 1.82) is 0 Å². The van der Waals surface area contributed by atoms with Gasteiger partial charge in [-0.25, -0.2) is 9.80 Å². The van der Waals surface area contributed by atoms with Gasteiger partial charge in [-0.2, -0.15) is 4.98 Å². The van der Waals surface area contributed by atoms with Gasteiger partial charge in [-0.1, -0.05) is 0 Å². The summed E-state index contributed by atoms with van der Waals surface area (Å²) in [7, 11) is 1.68. The molecular weight excluding hydrogens is 464 g/mol. The van der Waals surface area contributed by atoms with Crippen molar-refractivity contribution in [2.45, 2.75) is 24.9 Å². The van der Waals surface area contributed by atoms with Crippen LogP contribution in [-0.2, 0) is 9.59 Å². The molecule has 1 aromatic carbocycles. The van der Waals surface area contributed by atoms with E-state index in [1.807, 2.05) is 0 Å². The number of carbonyl (C=O) groups is 3. The van der Waals surface area contributed by atoms with Gasteiger partial charge in [0.1, 0.15) is 11.7 Å². The fourth-order valence-electron chi connectivity index (χ4n) is 3.58. The molecular formula is C20H24N8O7. The lowest BCUT2D eigenvalue weighted by Gasteiger charge is -2.37. The first-order valence-electron chi connectivity index (χ1n) is 10.4. The molecule has 186 valence electrons. The Morgan fingerprint density at radius 1 is 1.29 bits per heavy atom. The first kappa shape index (κ1) is 24.9. The summed E-state index contributed by atoms with van der Waals surface area (Å²) in [6, 6.07) is 4.48. The Labute approximate surface area is 197 Å². The zero-order chi connectivity index (χ0) is 25.7. The van der Waals surface area contributed by atoms with Crippen molar-refractivity contribution < 1.29 is 24.6 Å². The summed E-state index contributed by atoms with van der Waals surface area (Å²) < 4.78 is 0. The molecule has 1 aromatic heterocycles. The van der Waals surface area contributed by atoms with E-state index in [1.54, 1.807) is 24.1 Å². The van der Waals surface area contributed by atoms with Crippen LogP contribution in [0.5, 0.6) is 0 Å². The number of nitrogens with zero attached hydrogens (tertiary/aromatic N) is 4. The average molecular weight is 488 g/mol. The zero-order valence-electron chi connectivity index (χ0n) is 18.6. The number of aliphatic carboxylic acids is 2. The van der Waals surface area contributed by atoms with Crippen molar-refractivity contribution >= 4 is 41.0 Å². The molecule has 0 bridgehead atoms. The number of hydrogen-bond acceptors (Lipinski definition) is 10. The molecule has 1 aliphatic rings. The number of nitroso groups, excluding NO2 is 1. The number of H-pyrrole nitrogens is 1. The Hall–Kier alpha value is -4.69. The average Bonchev–Trinajstić information content (AvgIpc) is 2.80. The summed E-state index contributed by atoms with van der Waals surface area (Å²) in [5.74, 6) is -3.21. The number of nitrogens with one attached hydrogen (secondary N) is 3. The zero-order valence-corrected chi connectivity index (χ0v) is 18.6. The van der Waals surface area contributed by atoms with Crippen LogP contribution >= 0.6 is 0 Å². The number of carboxylic acid groups (broad SMARTS) is 2. The van der Waals surface area contributed by atoms with Crippen molar-refractivity contribution in [2.75, 3.05) is 41.1 Å². The van der Waals surface area contributed by atoms with E-state index in [0.717, 1.165) is 5.01 Å². The van der Waals surface area contributed by atoms with Crippen molar-refractivity contribution in [3.05, 3.63) is 45.1 Å². The molecule has 7 N–H and O–H groups in total.